The third-order valence-corrected chi connectivity index (χ3v) is 3.21. The zero-order valence-corrected chi connectivity index (χ0v) is 15.8. The first kappa shape index (κ1) is 24.2. The van der Waals surface area contributed by atoms with E-state index in [0.717, 1.165) is 12.1 Å². The van der Waals surface area contributed by atoms with Crippen LogP contribution in [-0.2, 0) is 4.79 Å². The number of rotatable bonds is 1. The van der Waals surface area contributed by atoms with Gasteiger partial charge in [0.1, 0.15) is 0 Å². The summed E-state index contributed by atoms with van der Waals surface area (Å²) in [7, 11) is 0. The van der Waals surface area contributed by atoms with Crippen LogP contribution in [0.15, 0.2) is 11.3 Å². The molecule has 2 atom stereocenters. The molecular formula is C18H39NO. The fourth-order valence-corrected chi connectivity index (χ4v) is 2.36. The topological polar surface area (TPSA) is 29.1 Å². The van der Waals surface area contributed by atoms with Crippen molar-refractivity contribution in [3.8, 4) is 0 Å². The van der Waals surface area contributed by atoms with Gasteiger partial charge >= 0.3 is 0 Å². The molecule has 1 rings (SSSR count). The minimum Gasteiger partial charge on any atom is -0.330 e. The van der Waals surface area contributed by atoms with E-state index in [0.29, 0.717) is 11.8 Å². The maximum atomic E-state index is 11.9. The van der Waals surface area contributed by atoms with Gasteiger partial charge in [0.05, 0.1) is 0 Å². The molecule has 1 heterocycles. The van der Waals surface area contributed by atoms with Gasteiger partial charge in [-0.2, -0.15) is 0 Å². The standard InChI is InChI=1S/C12H21NO.3C2H6/c1-7(2)11-9(4)6-8(3)10(5)13-12(11)14;3*1-2/h7,9,11H,6H2,1-5H3,(H,13,14);3*1-2H3. The van der Waals surface area contributed by atoms with E-state index in [-0.39, 0.29) is 11.8 Å². The highest BCUT2D eigenvalue weighted by molar-refractivity contribution is 5.81. The van der Waals surface area contributed by atoms with E-state index in [9.17, 15) is 4.79 Å². The lowest BCUT2D eigenvalue weighted by Crippen LogP contribution is -2.34. The molecule has 2 heteroatoms. The van der Waals surface area contributed by atoms with Crippen LogP contribution in [0.1, 0.15) is 82.6 Å². The second kappa shape index (κ2) is 14.6. The Morgan fingerprint density at radius 2 is 1.40 bits per heavy atom. The minimum absolute atomic E-state index is 0.155. The summed E-state index contributed by atoms with van der Waals surface area (Å²) in [4.78, 5) is 11.9. The van der Waals surface area contributed by atoms with E-state index in [2.05, 4.69) is 33.0 Å². The smallest absolute Gasteiger partial charge is 0.227 e. The van der Waals surface area contributed by atoms with Crippen LogP contribution in [0.2, 0.25) is 0 Å². The molecule has 2 unspecified atom stereocenters. The zero-order chi connectivity index (χ0) is 16.9. The summed E-state index contributed by atoms with van der Waals surface area (Å²) in [6.45, 7) is 22.5. The van der Waals surface area contributed by atoms with Crippen LogP contribution in [0.4, 0.5) is 0 Å². The molecule has 0 spiro atoms. The number of hydrogen-bond donors (Lipinski definition) is 1. The molecule has 0 saturated carbocycles. The quantitative estimate of drug-likeness (QED) is 0.649. The molecule has 0 aliphatic carbocycles. The molecule has 122 valence electrons. The van der Waals surface area contributed by atoms with Crippen molar-refractivity contribution in [3.63, 3.8) is 0 Å². The number of carbonyl (C=O) groups is 1. The second-order valence-electron chi connectivity index (χ2n) is 4.85. The maximum Gasteiger partial charge on any atom is 0.227 e. The van der Waals surface area contributed by atoms with Crippen LogP contribution >= 0.6 is 0 Å². The molecule has 0 aromatic rings. The average molecular weight is 286 g/mol. The molecule has 0 saturated heterocycles. The minimum atomic E-state index is 0.155. The van der Waals surface area contributed by atoms with Gasteiger partial charge in [-0.15, -0.1) is 0 Å². The molecule has 0 aromatic heterocycles. The lowest BCUT2D eigenvalue weighted by Gasteiger charge is -2.23. The van der Waals surface area contributed by atoms with Gasteiger partial charge in [0, 0.05) is 11.6 Å². The first-order valence-corrected chi connectivity index (χ1v) is 8.40. The van der Waals surface area contributed by atoms with E-state index in [1.807, 2.05) is 48.5 Å². The summed E-state index contributed by atoms with van der Waals surface area (Å²) in [5, 5.41) is 2.99. The Balaban J connectivity index is -0.000000425. The summed E-state index contributed by atoms with van der Waals surface area (Å²) in [5.74, 6) is 1.22. The van der Waals surface area contributed by atoms with Gasteiger partial charge in [0.2, 0.25) is 5.91 Å². The van der Waals surface area contributed by atoms with E-state index >= 15 is 0 Å². The van der Waals surface area contributed by atoms with Gasteiger partial charge in [-0.3, -0.25) is 4.79 Å². The van der Waals surface area contributed by atoms with Gasteiger partial charge in [0.25, 0.3) is 0 Å². The third-order valence-electron chi connectivity index (χ3n) is 3.21. The van der Waals surface area contributed by atoms with E-state index in [4.69, 9.17) is 0 Å². The van der Waals surface area contributed by atoms with Crippen LogP contribution in [0.5, 0.6) is 0 Å². The number of nitrogens with one attached hydrogen (secondary N) is 1. The Morgan fingerprint density at radius 1 is 1.00 bits per heavy atom. The van der Waals surface area contributed by atoms with E-state index < -0.39 is 0 Å². The lowest BCUT2D eigenvalue weighted by atomic mass is 9.81. The number of hydrogen-bond acceptors (Lipinski definition) is 1. The van der Waals surface area contributed by atoms with Crippen molar-refractivity contribution in [2.24, 2.45) is 17.8 Å². The maximum absolute atomic E-state index is 11.9. The van der Waals surface area contributed by atoms with Gasteiger partial charge in [-0.05, 0) is 32.1 Å². The second-order valence-corrected chi connectivity index (χ2v) is 4.85. The van der Waals surface area contributed by atoms with Crippen molar-refractivity contribution < 1.29 is 4.79 Å². The van der Waals surface area contributed by atoms with Gasteiger partial charge in [-0.1, -0.05) is 67.9 Å². The predicted octanol–water partition coefficient (Wildman–Crippen LogP) is 5.79. The van der Waals surface area contributed by atoms with Crippen molar-refractivity contribution >= 4 is 5.91 Å². The summed E-state index contributed by atoms with van der Waals surface area (Å²) in [6, 6.07) is 0. The molecule has 0 radical (unpaired) electrons. The van der Waals surface area contributed by atoms with E-state index in [1.54, 1.807) is 0 Å². The van der Waals surface area contributed by atoms with Crippen molar-refractivity contribution in [3.05, 3.63) is 11.3 Å². The first-order chi connectivity index (χ1) is 9.43. The summed E-state index contributed by atoms with van der Waals surface area (Å²) < 4.78 is 0. The summed E-state index contributed by atoms with van der Waals surface area (Å²) >= 11 is 0. The fourth-order valence-electron chi connectivity index (χ4n) is 2.36. The molecule has 0 fully saturated rings. The monoisotopic (exact) mass is 285 g/mol. The molecule has 1 aliphatic rings. The summed E-state index contributed by atoms with van der Waals surface area (Å²) in [6.07, 6.45) is 1.04. The van der Waals surface area contributed by atoms with Crippen LogP contribution in [0, 0.1) is 17.8 Å². The first-order valence-electron chi connectivity index (χ1n) is 8.40. The van der Waals surface area contributed by atoms with Crippen molar-refractivity contribution in [2.75, 3.05) is 0 Å². The Labute approximate surface area is 128 Å². The Hall–Kier alpha value is -0.790. The Morgan fingerprint density at radius 3 is 1.75 bits per heavy atom. The SMILES string of the molecule is CC.CC.CC.CC1=C(C)NC(=O)C(C(C)C)C(C)C1. The largest absolute Gasteiger partial charge is 0.330 e. The molecule has 1 aliphatic heterocycles. The van der Waals surface area contributed by atoms with Gasteiger partial charge < -0.3 is 5.32 Å². The Bertz CT molecular complexity index is 267. The van der Waals surface area contributed by atoms with Crippen LogP contribution in [-0.4, -0.2) is 5.91 Å². The molecule has 0 bridgehead atoms. The van der Waals surface area contributed by atoms with Crippen LogP contribution in [0.3, 0.4) is 0 Å². The number of amides is 1. The molecular weight excluding hydrogens is 246 g/mol. The third kappa shape index (κ3) is 8.39. The van der Waals surface area contributed by atoms with Crippen LogP contribution in [0.25, 0.3) is 0 Å². The van der Waals surface area contributed by atoms with Crippen molar-refractivity contribution in [1.82, 2.24) is 5.32 Å². The van der Waals surface area contributed by atoms with E-state index in [1.165, 1.54) is 5.57 Å². The number of allylic oxidation sites excluding steroid dienone is 2. The van der Waals surface area contributed by atoms with Gasteiger partial charge in [0.15, 0.2) is 0 Å². The van der Waals surface area contributed by atoms with Crippen LogP contribution < -0.4 is 5.32 Å². The lowest BCUT2D eigenvalue weighted by molar-refractivity contribution is -0.127. The highest BCUT2D eigenvalue weighted by atomic mass is 16.1. The molecule has 1 amide bonds. The normalized spacial score (nSPS) is 21.3. The molecule has 2 nitrogen and oxygen atoms in total. The molecule has 1 N–H and O–H groups in total. The molecule has 20 heavy (non-hydrogen) atoms. The number of carbonyl (C=O) groups excluding carboxylic acids is 1. The zero-order valence-electron chi connectivity index (χ0n) is 15.8. The summed E-state index contributed by atoms with van der Waals surface area (Å²) in [5.41, 5.74) is 2.36. The van der Waals surface area contributed by atoms with Crippen molar-refractivity contribution in [1.29, 1.82) is 0 Å². The Kier molecular flexibility index (Phi) is 17.7. The van der Waals surface area contributed by atoms with Gasteiger partial charge in [-0.25, -0.2) is 0 Å². The highest BCUT2D eigenvalue weighted by Gasteiger charge is 2.30. The molecule has 0 aromatic carbocycles. The fraction of sp³-hybridized carbons (Fsp3) is 0.833. The predicted molar refractivity (Wildman–Crippen MR) is 92.7 cm³/mol. The van der Waals surface area contributed by atoms with Crippen molar-refractivity contribution in [2.45, 2.75) is 82.6 Å². The average Bonchev–Trinajstić information content (AvgIpc) is 2.53. The highest BCUT2D eigenvalue weighted by Crippen LogP contribution is 2.30.